The van der Waals surface area contributed by atoms with Crippen LogP contribution >= 0.6 is 23.2 Å². The monoisotopic (exact) mass is 364 g/mol. The minimum Gasteiger partial charge on any atom is -0.313 e. The van der Waals surface area contributed by atoms with Gasteiger partial charge in [0.05, 0.1) is 0 Å². The van der Waals surface area contributed by atoms with Gasteiger partial charge in [-0.15, -0.1) is 0 Å². The average Bonchev–Trinajstić information content (AvgIpc) is 2.59. The van der Waals surface area contributed by atoms with Crippen LogP contribution in [-0.2, 0) is 13.1 Å². The minimum atomic E-state index is 0.842. The predicted molar refractivity (Wildman–Crippen MR) is 105 cm³/mol. The summed E-state index contributed by atoms with van der Waals surface area (Å²) in [6.45, 7) is 3.77. The molecule has 2 rings (SSSR count). The van der Waals surface area contributed by atoms with Crippen molar-refractivity contribution < 1.29 is 0 Å². The minimum absolute atomic E-state index is 0.842. The van der Waals surface area contributed by atoms with E-state index in [0.717, 1.165) is 36.2 Å². The maximum absolute atomic E-state index is 6.13. The molecule has 2 nitrogen and oxygen atoms in total. The lowest BCUT2D eigenvalue weighted by Crippen LogP contribution is -2.16. The van der Waals surface area contributed by atoms with Crippen LogP contribution in [0.5, 0.6) is 0 Å². The molecule has 0 heterocycles. The Hall–Kier alpha value is -1.06. The average molecular weight is 365 g/mol. The van der Waals surface area contributed by atoms with Crippen LogP contribution in [0.3, 0.4) is 0 Å². The van der Waals surface area contributed by atoms with Crippen LogP contribution in [0.2, 0.25) is 10.0 Å². The first-order chi connectivity index (χ1) is 11.8. The standard InChI is InChI=1S/C20H26Cl2N2/c21-19-11-5-3-9-17(19)15-23-13-7-1-2-8-14-24-16-18-10-4-6-12-20(18)22/h3-6,9-12,23-24H,1-2,7-8,13-16H2. The van der Waals surface area contributed by atoms with Gasteiger partial charge in [0.2, 0.25) is 0 Å². The number of halogens is 2. The number of hydrogen-bond donors (Lipinski definition) is 2. The van der Waals surface area contributed by atoms with Crippen LogP contribution in [-0.4, -0.2) is 13.1 Å². The molecule has 0 aromatic heterocycles. The van der Waals surface area contributed by atoms with Crippen molar-refractivity contribution in [3.05, 3.63) is 69.7 Å². The lowest BCUT2D eigenvalue weighted by molar-refractivity contribution is 0.563. The molecule has 0 amide bonds. The Bertz CT molecular complexity index is 548. The number of unbranched alkanes of at least 4 members (excludes halogenated alkanes) is 3. The van der Waals surface area contributed by atoms with Gasteiger partial charge in [0.25, 0.3) is 0 Å². The van der Waals surface area contributed by atoms with Crippen molar-refractivity contribution in [2.75, 3.05) is 13.1 Å². The molecule has 0 unspecified atom stereocenters. The van der Waals surface area contributed by atoms with Gasteiger partial charge in [-0.05, 0) is 49.2 Å². The molecular weight excluding hydrogens is 339 g/mol. The fourth-order valence-corrected chi connectivity index (χ4v) is 2.99. The summed E-state index contributed by atoms with van der Waals surface area (Å²) < 4.78 is 0. The van der Waals surface area contributed by atoms with Gasteiger partial charge >= 0.3 is 0 Å². The van der Waals surface area contributed by atoms with E-state index in [4.69, 9.17) is 23.2 Å². The van der Waals surface area contributed by atoms with Gasteiger partial charge in [-0.25, -0.2) is 0 Å². The number of nitrogens with one attached hydrogen (secondary N) is 2. The highest BCUT2D eigenvalue weighted by Crippen LogP contribution is 2.15. The molecule has 0 spiro atoms. The van der Waals surface area contributed by atoms with E-state index in [1.165, 1.54) is 36.8 Å². The van der Waals surface area contributed by atoms with Gasteiger partial charge in [-0.2, -0.15) is 0 Å². The Morgan fingerprint density at radius 3 is 1.42 bits per heavy atom. The highest BCUT2D eigenvalue weighted by Gasteiger charge is 1.99. The van der Waals surface area contributed by atoms with Crippen LogP contribution < -0.4 is 10.6 Å². The van der Waals surface area contributed by atoms with Crippen molar-refractivity contribution in [1.29, 1.82) is 0 Å². The normalized spacial score (nSPS) is 10.9. The molecule has 0 aliphatic rings. The van der Waals surface area contributed by atoms with E-state index in [2.05, 4.69) is 22.8 Å². The van der Waals surface area contributed by atoms with Crippen molar-refractivity contribution in [2.45, 2.75) is 38.8 Å². The van der Waals surface area contributed by atoms with Crippen molar-refractivity contribution in [2.24, 2.45) is 0 Å². The molecule has 2 N–H and O–H groups in total. The molecule has 0 aliphatic carbocycles. The zero-order valence-corrected chi connectivity index (χ0v) is 15.5. The zero-order valence-electron chi connectivity index (χ0n) is 14.0. The van der Waals surface area contributed by atoms with Gasteiger partial charge in [0, 0.05) is 23.1 Å². The lowest BCUT2D eigenvalue weighted by atomic mass is 10.1. The molecule has 24 heavy (non-hydrogen) atoms. The summed E-state index contributed by atoms with van der Waals surface area (Å²) in [6, 6.07) is 16.0. The molecule has 0 radical (unpaired) electrons. The number of rotatable bonds is 11. The third kappa shape index (κ3) is 7.23. The maximum atomic E-state index is 6.13. The summed E-state index contributed by atoms with van der Waals surface area (Å²) in [6.07, 6.45) is 4.91. The van der Waals surface area contributed by atoms with Crippen LogP contribution in [0.4, 0.5) is 0 Å². The summed E-state index contributed by atoms with van der Waals surface area (Å²) in [4.78, 5) is 0. The van der Waals surface area contributed by atoms with E-state index < -0.39 is 0 Å². The second-order valence-corrected chi connectivity index (χ2v) is 6.76. The molecule has 0 fully saturated rings. The van der Waals surface area contributed by atoms with Crippen LogP contribution in [0.15, 0.2) is 48.5 Å². The Balaban J connectivity index is 1.43. The van der Waals surface area contributed by atoms with Crippen molar-refractivity contribution in [1.82, 2.24) is 10.6 Å². The third-order valence-corrected chi connectivity index (χ3v) is 4.74. The van der Waals surface area contributed by atoms with E-state index in [1.807, 2.05) is 36.4 Å². The van der Waals surface area contributed by atoms with Gasteiger partial charge in [-0.3, -0.25) is 0 Å². The first-order valence-electron chi connectivity index (χ1n) is 8.65. The molecule has 0 saturated carbocycles. The predicted octanol–water partition coefficient (Wildman–Crippen LogP) is 5.43. The SMILES string of the molecule is Clc1ccccc1CNCCCCCCNCc1ccccc1Cl. The summed E-state index contributed by atoms with van der Waals surface area (Å²) in [5.41, 5.74) is 2.34. The topological polar surface area (TPSA) is 24.1 Å². The highest BCUT2D eigenvalue weighted by molar-refractivity contribution is 6.31. The third-order valence-electron chi connectivity index (χ3n) is 4.00. The van der Waals surface area contributed by atoms with E-state index in [9.17, 15) is 0 Å². The molecule has 2 aromatic rings. The first kappa shape index (κ1) is 19.3. The van der Waals surface area contributed by atoms with E-state index in [-0.39, 0.29) is 0 Å². The highest BCUT2D eigenvalue weighted by atomic mass is 35.5. The summed E-state index contributed by atoms with van der Waals surface area (Å²) in [7, 11) is 0. The van der Waals surface area contributed by atoms with E-state index in [0.29, 0.717) is 0 Å². The van der Waals surface area contributed by atoms with Gasteiger partial charge < -0.3 is 10.6 Å². The first-order valence-corrected chi connectivity index (χ1v) is 9.41. The van der Waals surface area contributed by atoms with E-state index in [1.54, 1.807) is 0 Å². The van der Waals surface area contributed by atoms with Gasteiger partial charge in [-0.1, -0.05) is 72.4 Å². The Morgan fingerprint density at radius 1 is 0.583 bits per heavy atom. The summed E-state index contributed by atoms with van der Waals surface area (Å²) >= 11 is 12.3. The molecular formula is C20H26Cl2N2. The van der Waals surface area contributed by atoms with Gasteiger partial charge in [0.15, 0.2) is 0 Å². The molecule has 0 bridgehead atoms. The molecule has 0 atom stereocenters. The summed E-state index contributed by atoms with van der Waals surface area (Å²) in [5.74, 6) is 0. The number of hydrogen-bond acceptors (Lipinski definition) is 2. The van der Waals surface area contributed by atoms with Crippen LogP contribution in [0, 0.1) is 0 Å². The fourth-order valence-electron chi connectivity index (χ4n) is 2.58. The quantitative estimate of drug-likeness (QED) is 0.519. The fraction of sp³-hybridized carbons (Fsp3) is 0.400. The Morgan fingerprint density at radius 2 is 1.00 bits per heavy atom. The smallest absolute Gasteiger partial charge is 0.0450 e. The Kier molecular flexibility index (Phi) is 9.22. The van der Waals surface area contributed by atoms with E-state index >= 15 is 0 Å². The van der Waals surface area contributed by atoms with Gasteiger partial charge in [0.1, 0.15) is 0 Å². The largest absolute Gasteiger partial charge is 0.313 e. The molecule has 0 saturated heterocycles. The van der Waals surface area contributed by atoms with Crippen LogP contribution in [0.25, 0.3) is 0 Å². The zero-order chi connectivity index (χ0) is 17.0. The second kappa shape index (κ2) is 11.5. The van der Waals surface area contributed by atoms with Crippen molar-refractivity contribution in [3.8, 4) is 0 Å². The molecule has 4 heteroatoms. The summed E-state index contributed by atoms with van der Waals surface area (Å²) in [5, 5.41) is 8.60. The van der Waals surface area contributed by atoms with Crippen molar-refractivity contribution >= 4 is 23.2 Å². The molecule has 2 aromatic carbocycles. The molecule has 0 aliphatic heterocycles. The number of benzene rings is 2. The van der Waals surface area contributed by atoms with Crippen molar-refractivity contribution in [3.63, 3.8) is 0 Å². The lowest BCUT2D eigenvalue weighted by Gasteiger charge is -2.08. The van der Waals surface area contributed by atoms with Crippen LogP contribution in [0.1, 0.15) is 36.8 Å². The molecule has 130 valence electrons. The second-order valence-electron chi connectivity index (χ2n) is 5.95. The Labute approximate surface area is 155 Å². The maximum Gasteiger partial charge on any atom is 0.0450 e.